The van der Waals surface area contributed by atoms with E-state index in [1.54, 1.807) is 27.7 Å². The van der Waals surface area contributed by atoms with Crippen molar-refractivity contribution in [3.63, 3.8) is 0 Å². The fourth-order valence-corrected chi connectivity index (χ4v) is 1.36. The van der Waals surface area contributed by atoms with Crippen molar-refractivity contribution in [2.75, 3.05) is 11.9 Å². The summed E-state index contributed by atoms with van der Waals surface area (Å²) < 4.78 is 9.79. The van der Waals surface area contributed by atoms with Crippen molar-refractivity contribution < 1.29 is 19.1 Å². The van der Waals surface area contributed by atoms with Crippen molar-refractivity contribution in [1.29, 1.82) is 0 Å². The Morgan fingerprint density at radius 2 is 2.05 bits per heavy atom. The maximum atomic E-state index is 11.5. The highest BCUT2D eigenvalue weighted by Gasteiger charge is 2.21. The summed E-state index contributed by atoms with van der Waals surface area (Å²) in [7, 11) is 0. The molecule has 1 aromatic heterocycles. The van der Waals surface area contributed by atoms with Crippen molar-refractivity contribution in [1.82, 2.24) is 9.97 Å². The molecule has 0 aliphatic heterocycles. The first-order chi connectivity index (χ1) is 8.73. The van der Waals surface area contributed by atoms with Crippen LogP contribution in [0.4, 0.5) is 10.7 Å². The van der Waals surface area contributed by atoms with Gasteiger partial charge in [0.25, 0.3) is 0 Å². The Balaban J connectivity index is 2.74. The molecule has 8 heteroatoms. The molecule has 2 N–H and O–H groups in total. The van der Waals surface area contributed by atoms with Gasteiger partial charge in [0.1, 0.15) is 10.8 Å². The molecule has 7 nitrogen and oxygen atoms in total. The van der Waals surface area contributed by atoms with Gasteiger partial charge >= 0.3 is 12.1 Å². The van der Waals surface area contributed by atoms with Crippen LogP contribution in [0.3, 0.4) is 0 Å². The Morgan fingerprint density at radius 3 is 2.58 bits per heavy atom. The summed E-state index contributed by atoms with van der Waals surface area (Å²) in [6.45, 7) is 7.05. The van der Waals surface area contributed by atoms with Gasteiger partial charge in [0.2, 0.25) is 5.95 Å². The molecule has 106 valence electrons. The number of aromatic amines is 1. The Kier molecular flexibility index (Phi) is 4.77. The van der Waals surface area contributed by atoms with Gasteiger partial charge in [0.15, 0.2) is 5.69 Å². The predicted octanol–water partition coefficient (Wildman–Crippen LogP) is 2.59. The number of anilines is 1. The van der Waals surface area contributed by atoms with Crippen LogP contribution in [0.25, 0.3) is 0 Å². The van der Waals surface area contributed by atoms with E-state index in [1.807, 2.05) is 0 Å². The Bertz CT molecular complexity index is 479. The number of hydrogen-bond donors (Lipinski definition) is 2. The minimum absolute atomic E-state index is 0.00971. The van der Waals surface area contributed by atoms with E-state index in [-0.39, 0.29) is 23.4 Å². The van der Waals surface area contributed by atoms with Gasteiger partial charge in [0.05, 0.1) is 6.61 Å². The number of carbonyl (C=O) groups is 2. The number of ether oxygens (including phenoxy) is 2. The number of carbonyl (C=O) groups excluding carboxylic acids is 2. The molecule has 0 spiro atoms. The van der Waals surface area contributed by atoms with Gasteiger partial charge in [-0.15, -0.1) is 0 Å². The third-order valence-electron chi connectivity index (χ3n) is 1.75. The highest BCUT2D eigenvalue weighted by atomic mass is 35.5. The molecular formula is C11H16ClN3O4. The summed E-state index contributed by atoms with van der Waals surface area (Å²) >= 11 is 5.78. The largest absolute Gasteiger partial charge is 0.461 e. The number of nitrogens with zero attached hydrogens (tertiary/aromatic N) is 1. The Morgan fingerprint density at radius 1 is 1.42 bits per heavy atom. The summed E-state index contributed by atoms with van der Waals surface area (Å²) in [4.78, 5) is 29.3. The van der Waals surface area contributed by atoms with E-state index >= 15 is 0 Å². The third-order valence-corrected chi connectivity index (χ3v) is 2.02. The Labute approximate surface area is 115 Å². The van der Waals surface area contributed by atoms with Crippen molar-refractivity contribution >= 4 is 29.6 Å². The molecule has 1 amide bonds. The number of rotatable bonds is 3. The fraction of sp³-hybridized carbons (Fsp3) is 0.545. The second kappa shape index (κ2) is 5.92. The van der Waals surface area contributed by atoms with E-state index in [2.05, 4.69) is 15.3 Å². The van der Waals surface area contributed by atoms with Gasteiger partial charge in [-0.3, -0.25) is 5.32 Å². The number of halogens is 1. The van der Waals surface area contributed by atoms with Gasteiger partial charge < -0.3 is 14.5 Å². The maximum Gasteiger partial charge on any atom is 0.414 e. The van der Waals surface area contributed by atoms with Gasteiger partial charge in [-0.25, -0.2) is 14.6 Å². The molecule has 0 fully saturated rings. The van der Waals surface area contributed by atoms with Crippen molar-refractivity contribution in [2.24, 2.45) is 0 Å². The SMILES string of the molecule is CCOC(=O)c1nc(NC(=O)OC(C)(C)C)[nH]c1Cl. The first kappa shape index (κ1) is 15.3. The van der Waals surface area contributed by atoms with Crippen LogP contribution in [-0.4, -0.2) is 34.2 Å². The molecule has 0 aromatic carbocycles. The van der Waals surface area contributed by atoms with Crippen molar-refractivity contribution in [2.45, 2.75) is 33.3 Å². The highest BCUT2D eigenvalue weighted by Crippen LogP contribution is 2.17. The van der Waals surface area contributed by atoms with Crippen molar-refractivity contribution in [3.8, 4) is 0 Å². The number of nitrogens with one attached hydrogen (secondary N) is 2. The van der Waals surface area contributed by atoms with Gasteiger partial charge in [0, 0.05) is 0 Å². The van der Waals surface area contributed by atoms with Gasteiger partial charge in [-0.05, 0) is 27.7 Å². The molecule has 0 aliphatic carbocycles. The highest BCUT2D eigenvalue weighted by molar-refractivity contribution is 6.32. The zero-order chi connectivity index (χ0) is 14.6. The predicted molar refractivity (Wildman–Crippen MR) is 69.4 cm³/mol. The lowest BCUT2D eigenvalue weighted by Gasteiger charge is -2.18. The first-order valence-corrected chi connectivity index (χ1v) is 6.03. The van der Waals surface area contributed by atoms with Crippen LogP contribution in [-0.2, 0) is 9.47 Å². The summed E-state index contributed by atoms with van der Waals surface area (Å²) in [6, 6.07) is 0. The van der Waals surface area contributed by atoms with E-state index in [0.717, 1.165) is 0 Å². The quantitative estimate of drug-likeness (QED) is 0.834. The molecule has 1 aromatic rings. The van der Waals surface area contributed by atoms with Crippen LogP contribution in [0.5, 0.6) is 0 Å². The second-order valence-electron chi connectivity index (χ2n) is 4.60. The van der Waals surface area contributed by atoms with Crippen LogP contribution >= 0.6 is 11.6 Å². The summed E-state index contributed by atoms with van der Waals surface area (Å²) in [5, 5.41) is 2.33. The minimum Gasteiger partial charge on any atom is -0.461 e. The number of hydrogen-bond acceptors (Lipinski definition) is 5. The number of esters is 1. The molecule has 1 rings (SSSR count). The zero-order valence-electron chi connectivity index (χ0n) is 11.2. The summed E-state index contributed by atoms with van der Waals surface area (Å²) in [5.74, 6) is -0.650. The van der Waals surface area contributed by atoms with Crippen molar-refractivity contribution in [3.05, 3.63) is 10.8 Å². The molecule has 0 unspecified atom stereocenters. The zero-order valence-corrected chi connectivity index (χ0v) is 11.9. The van der Waals surface area contributed by atoms with Crippen LogP contribution in [0.1, 0.15) is 38.2 Å². The maximum absolute atomic E-state index is 11.5. The van der Waals surface area contributed by atoms with Gasteiger partial charge in [-0.1, -0.05) is 11.6 Å². The minimum atomic E-state index is -0.701. The topological polar surface area (TPSA) is 93.3 Å². The molecule has 0 aliphatic rings. The van der Waals surface area contributed by atoms with Crippen LogP contribution < -0.4 is 5.32 Å². The lowest BCUT2D eigenvalue weighted by Crippen LogP contribution is -2.27. The van der Waals surface area contributed by atoms with E-state index in [0.29, 0.717) is 0 Å². The van der Waals surface area contributed by atoms with Crippen LogP contribution in [0.2, 0.25) is 5.15 Å². The Hall–Kier alpha value is -1.76. The van der Waals surface area contributed by atoms with E-state index in [1.165, 1.54) is 0 Å². The molecule has 0 radical (unpaired) electrons. The lowest BCUT2D eigenvalue weighted by molar-refractivity contribution is 0.0518. The number of H-pyrrole nitrogens is 1. The number of imidazole rings is 1. The standard InChI is InChI=1S/C11H16ClN3O4/c1-5-18-8(16)6-7(12)14-9(13-6)15-10(17)19-11(2,3)4/h5H2,1-4H3,(H2,13,14,15,17). The molecule has 19 heavy (non-hydrogen) atoms. The molecule has 1 heterocycles. The number of aromatic nitrogens is 2. The molecule has 0 saturated heterocycles. The normalized spacial score (nSPS) is 11.0. The van der Waals surface area contributed by atoms with Gasteiger partial charge in [-0.2, -0.15) is 0 Å². The molecule has 0 atom stereocenters. The first-order valence-electron chi connectivity index (χ1n) is 5.65. The van der Waals surface area contributed by atoms with Crippen LogP contribution in [0.15, 0.2) is 0 Å². The lowest BCUT2D eigenvalue weighted by atomic mass is 10.2. The summed E-state index contributed by atoms with van der Waals surface area (Å²) in [6.07, 6.45) is -0.701. The average molecular weight is 290 g/mol. The average Bonchev–Trinajstić information content (AvgIpc) is 2.56. The molecule has 0 saturated carbocycles. The third kappa shape index (κ3) is 4.78. The smallest absolute Gasteiger partial charge is 0.414 e. The number of amides is 1. The van der Waals surface area contributed by atoms with Crippen LogP contribution in [0, 0.1) is 0 Å². The monoisotopic (exact) mass is 289 g/mol. The molecular weight excluding hydrogens is 274 g/mol. The van der Waals surface area contributed by atoms with E-state index in [4.69, 9.17) is 21.1 Å². The fourth-order valence-electron chi connectivity index (χ4n) is 1.15. The van der Waals surface area contributed by atoms with E-state index < -0.39 is 17.7 Å². The molecule has 0 bridgehead atoms. The van der Waals surface area contributed by atoms with E-state index in [9.17, 15) is 9.59 Å². The summed E-state index contributed by atoms with van der Waals surface area (Å²) in [5.41, 5.74) is -0.723. The second-order valence-corrected chi connectivity index (χ2v) is 4.97.